The van der Waals surface area contributed by atoms with Crippen LogP contribution in [0.1, 0.15) is 6.92 Å². The van der Waals surface area contributed by atoms with Gasteiger partial charge < -0.3 is 10.4 Å². The number of carboxylic acid groups (broad SMARTS) is 1. The van der Waals surface area contributed by atoms with E-state index in [-0.39, 0.29) is 0 Å². The Morgan fingerprint density at radius 2 is 2.30 bits per heavy atom. The van der Waals surface area contributed by atoms with Crippen molar-refractivity contribution < 1.29 is 9.90 Å². The molecule has 0 amide bonds. The summed E-state index contributed by atoms with van der Waals surface area (Å²) in [6.45, 7) is 3.76. The minimum atomic E-state index is -0.792. The van der Waals surface area contributed by atoms with Gasteiger partial charge in [0.2, 0.25) is 0 Å². The Morgan fingerprint density at radius 3 is 2.60 bits per heavy atom. The van der Waals surface area contributed by atoms with Gasteiger partial charge in [-0.25, -0.2) is 0 Å². The van der Waals surface area contributed by atoms with Crippen molar-refractivity contribution in [1.29, 1.82) is 0 Å². The first-order chi connectivity index (χ1) is 4.65. The van der Waals surface area contributed by atoms with Crippen LogP contribution >= 0.6 is 0 Å². The molecule has 1 atom stereocenters. The van der Waals surface area contributed by atoms with E-state index in [0.717, 1.165) is 13.1 Å². The van der Waals surface area contributed by atoms with E-state index in [4.69, 9.17) is 5.11 Å². The van der Waals surface area contributed by atoms with Crippen molar-refractivity contribution in [3.63, 3.8) is 0 Å². The Labute approximate surface area is 59.6 Å². The first-order valence-corrected chi connectivity index (χ1v) is 3.34. The van der Waals surface area contributed by atoms with E-state index < -0.39 is 11.5 Å². The van der Waals surface area contributed by atoms with Gasteiger partial charge in [0.1, 0.15) is 5.54 Å². The number of hydrogen-bond acceptors (Lipinski definition) is 3. The Balaban J connectivity index is 2.56. The van der Waals surface area contributed by atoms with Gasteiger partial charge in [-0.3, -0.25) is 10.1 Å². The Bertz CT molecular complexity index is 141. The van der Waals surface area contributed by atoms with Gasteiger partial charge in [-0.1, -0.05) is 0 Å². The van der Waals surface area contributed by atoms with Gasteiger partial charge in [-0.2, -0.15) is 0 Å². The molecule has 0 radical (unpaired) electrons. The molecule has 0 spiro atoms. The molecule has 4 heteroatoms. The minimum absolute atomic E-state index is 0.502. The van der Waals surface area contributed by atoms with Crippen LogP contribution in [-0.2, 0) is 4.79 Å². The third-order valence-electron chi connectivity index (χ3n) is 1.77. The lowest BCUT2D eigenvalue weighted by molar-refractivity contribution is -0.144. The third-order valence-corrected chi connectivity index (χ3v) is 1.77. The van der Waals surface area contributed by atoms with Crippen LogP contribution in [0.5, 0.6) is 0 Å². The maximum Gasteiger partial charge on any atom is 0.324 e. The van der Waals surface area contributed by atoms with Crippen LogP contribution in [0.15, 0.2) is 0 Å². The van der Waals surface area contributed by atoms with Gasteiger partial charge in [0.25, 0.3) is 0 Å². The van der Waals surface area contributed by atoms with Crippen molar-refractivity contribution in [3.05, 3.63) is 0 Å². The molecule has 0 aromatic rings. The van der Waals surface area contributed by atoms with Gasteiger partial charge in [-0.15, -0.1) is 0 Å². The molecule has 1 aliphatic heterocycles. The normalized spacial score (nSPS) is 33.7. The number of carbonyl (C=O) groups is 1. The molecule has 0 aromatic heterocycles. The number of carboxylic acids is 1. The minimum Gasteiger partial charge on any atom is -0.480 e. The average Bonchev–Trinajstić information content (AvgIpc) is 1.89. The number of hydrogen-bond donors (Lipinski definition) is 3. The van der Waals surface area contributed by atoms with E-state index in [2.05, 4.69) is 10.6 Å². The maximum atomic E-state index is 10.6. The molecular weight excluding hydrogens is 132 g/mol. The van der Waals surface area contributed by atoms with E-state index in [9.17, 15) is 4.79 Å². The zero-order chi connectivity index (χ0) is 7.61. The summed E-state index contributed by atoms with van der Waals surface area (Å²) in [5.74, 6) is -0.792. The molecule has 1 aliphatic rings. The van der Waals surface area contributed by atoms with Gasteiger partial charge in [-0.05, 0) is 6.92 Å². The third kappa shape index (κ3) is 1.27. The highest BCUT2D eigenvalue weighted by molar-refractivity contribution is 5.78. The van der Waals surface area contributed by atoms with Gasteiger partial charge in [0.15, 0.2) is 0 Å². The summed E-state index contributed by atoms with van der Waals surface area (Å²) in [5.41, 5.74) is -0.766. The van der Waals surface area contributed by atoms with Gasteiger partial charge in [0.05, 0.1) is 0 Å². The molecule has 0 saturated carbocycles. The van der Waals surface area contributed by atoms with Crippen molar-refractivity contribution in [2.75, 3.05) is 19.6 Å². The van der Waals surface area contributed by atoms with Crippen LogP contribution in [0, 0.1) is 0 Å². The van der Waals surface area contributed by atoms with E-state index in [1.165, 1.54) is 0 Å². The first kappa shape index (κ1) is 7.50. The monoisotopic (exact) mass is 144 g/mol. The number of aliphatic carboxylic acids is 1. The van der Waals surface area contributed by atoms with Crippen LogP contribution in [0.4, 0.5) is 0 Å². The summed E-state index contributed by atoms with van der Waals surface area (Å²) < 4.78 is 0. The molecule has 4 nitrogen and oxygen atoms in total. The van der Waals surface area contributed by atoms with Gasteiger partial charge >= 0.3 is 5.97 Å². The molecule has 0 aliphatic carbocycles. The van der Waals surface area contributed by atoms with Crippen molar-refractivity contribution in [2.24, 2.45) is 0 Å². The van der Waals surface area contributed by atoms with E-state index >= 15 is 0 Å². The number of nitrogens with one attached hydrogen (secondary N) is 2. The standard InChI is InChI=1S/C6H12N2O2/c1-6(5(9)10)4-7-2-3-8-6/h7-8H,2-4H2,1H3,(H,9,10)/t6-/m0/s1. The van der Waals surface area contributed by atoms with E-state index in [1.54, 1.807) is 6.92 Å². The molecule has 10 heavy (non-hydrogen) atoms. The molecule has 3 N–H and O–H groups in total. The predicted molar refractivity (Wildman–Crippen MR) is 36.9 cm³/mol. The second kappa shape index (κ2) is 2.56. The summed E-state index contributed by atoms with van der Waals surface area (Å²) in [7, 11) is 0. The molecule has 0 unspecified atom stereocenters. The molecule has 1 fully saturated rings. The van der Waals surface area contributed by atoms with Crippen LogP contribution in [0.25, 0.3) is 0 Å². The first-order valence-electron chi connectivity index (χ1n) is 3.34. The highest BCUT2D eigenvalue weighted by Crippen LogP contribution is 2.03. The van der Waals surface area contributed by atoms with Crippen LogP contribution in [-0.4, -0.2) is 36.2 Å². The van der Waals surface area contributed by atoms with Crippen LogP contribution in [0.2, 0.25) is 0 Å². The highest BCUT2D eigenvalue weighted by atomic mass is 16.4. The van der Waals surface area contributed by atoms with Crippen molar-refractivity contribution >= 4 is 5.97 Å². The lowest BCUT2D eigenvalue weighted by atomic mass is 10.0. The fraction of sp³-hybridized carbons (Fsp3) is 0.833. The van der Waals surface area contributed by atoms with Crippen molar-refractivity contribution in [3.8, 4) is 0 Å². The number of rotatable bonds is 1. The summed E-state index contributed by atoms with van der Waals surface area (Å²) in [6.07, 6.45) is 0. The summed E-state index contributed by atoms with van der Waals surface area (Å²) in [6, 6.07) is 0. The molecule has 1 heterocycles. The average molecular weight is 144 g/mol. The molecular formula is C6H12N2O2. The lowest BCUT2D eigenvalue weighted by Crippen LogP contribution is -2.61. The quantitative estimate of drug-likeness (QED) is 0.443. The SMILES string of the molecule is C[C@@]1(C(=O)O)CNCCN1. The fourth-order valence-corrected chi connectivity index (χ4v) is 0.979. The molecule has 1 saturated heterocycles. The number of piperazine rings is 1. The second-order valence-corrected chi connectivity index (χ2v) is 2.74. The molecule has 0 aromatic carbocycles. The largest absolute Gasteiger partial charge is 0.480 e. The maximum absolute atomic E-state index is 10.6. The molecule has 0 bridgehead atoms. The van der Waals surface area contributed by atoms with E-state index in [1.807, 2.05) is 0 Å². The smallest absolute Gasteiger partial charge is 0.324 e. The second-order valence-electron chi connectivity index (χ2n) is 2.74. The van der Waals surface area contributed by atoms with Crippen molar-refractivity contribution in [1.82, 2.24) is 10.6 Å². The fourth-order valence-electron chi connectivity index (χ4n) is 0.979. The topological polar surface area (TPSA) is 61.4 Å². The zero-order valence-corrected chi connectivity index (χ0v) is 5.98. The van der Waals surface area contributed by atoms with Crippen LogP contribution in [0.3, 0.4) is 0 Å². The van der Waals surface area contributed by atoms with E-state index in [0.29, 0.717) is 6.54 Å². The Hall–Kier alpha value is -0.610. The molecule has 58 valence electrons. The summed E-state index contributed by atoms with van der Waals surface area (Å²) in [5, 5.41) is 14.6. The molecule has 1 rings (SSSR count). The Morgan fingerprint density at radius 1 is 1.60 bits per heavy atom. The lowest BCUT2D eigenvalue weighted by Gasteiger charge is -2.31. The van der Waals surface area contributed by atoms with Crippen molar-refractivity contribution in [2.45, 2.75) is 12.5 Å². The zero-order valence-electron chi connectivity index (χ0n) is 5.98. The summed E-state index contributed by atoms with van der Waals surface area (Å²) >= 11 is 0. The van der Waals surface area contributed by atoms with Crippen LogP contribution < -0.4 is 10.6 Å². The summed E-state index contributed by atoms with van der Waals surface area (Å²) in [4.78, 5) is 10.6. The predicted octanol–water partition coefficient (Wildman–Crippen LogP) is -0.977. The van der Waals surface area contributed by atoms with Gasteiger partial charge in [0, 0.05) is 19.6 Å². The highest BCUT2D eigenvalue weighted by Gasteiger charge is 2.33. The Kier molecular flexibility index (Phi) is 1.92.